The summed E-state index contributed by atoms with van der Waals surface area (Å²) >= 11 is 0. The van der Waals surface area contributed by atoms with E-state index in [0.29, 0.717) is 18.0 Å². The molecule has 0 saturated carbocycles. The number of hydrogen-bond donors (Lipinski definition) is 1. The third kappa shape index (κ3) is 3.40. The van der Waals surface area contributed by atoms with Crippen LogP contribution in [-0.2, 0) is 6.54 Å². The number of benzene rings is 1. The van der Waals surface area contributed by atoms with Gasteiger partial charge in [0.15, 0.2) is 0 Å². The maximum atomic E-state index is 13.5. The highest BCUT2D eigenvalue weighted by atomic mass is 19.1. The van der Waals surface area contributed by atoms with Crippen molar-refractivity contribution in [3.8, 4) is 0 Å². The Labute approximate surface area is 115 Å². The smallest absolute Gasteiger partial charge is 0.133 e. The van der Waals surface area contributed by atoms with Crippen LogP contribution < -0.4 is 0 Å². The Balaban J connectivity index is 2.02. The minimum Gasteiger partial charge on any atom is -0.387 e. The van der Waals surface area contributed by atoms with E-state index in [-0.39, 0.29) is 12.1 Å². The van der Waals surface area contributed by atoms with Crippen LogP contribution in [0.4, 0.5) is 8.78 Å². The number of halogens is 2. The van der Waals surface area contributed by atoms with Gasteiger partial charge in [0, 0.05) is 19.2 Å². The molecule has 0 spiro atoms. The average Bonchev–Trinajstić information content (AvgIpc) is 2.74. The van der Waals surface area contributed by atoms with Gasteiger partial charge in [0.1, 0.15) is 17.4 Å². The molecule has 1 aromatic heterocycles. The lowest BCUT2D eigenvalue weighted by atomic mass is 10.1. The molecule has 0 radical (unpaired) electrons. The molecule has 1 heterocycles. The van der Waals surface area contributed by atoms with Gasteiger partial charge in [0.25, 0.3) is 0 Å². The van der Waals surface area contributed by atoms with Crippen LogP contribution >= 0.6 is 0 Å². The van der Waals surface area contributed by atoms with Crippen LogP contribution in [0.5, 0.6) is 0 Å². The van der Waals surface area contributed by atoms with Gasteiger partial charge in [-0.2, -0.15) is 0 Å². The van der Waals surface area contributed by atoms with Crippen molar-refractivity contribution in [2.75, 3.05) is 13.6 Å². The minimum absolute atomic E-state index is 0.0871. The largest absolute Gasteiger partial charge is 0.387 e. The Kier molecular flexibility index (Phi) is 4.46. The van der Waals surface area contributed by atoms with Crippen LogP contribution in [0, 0.1) is 18.6 Å². The van der Waals surface area contributed by atoms with E-state index in [1.165, 1.54) is 6.07 Å². The predicted octanol–water partition coefficient (Wildman–Crippen LogP) is 2.43. The first-order chi connectivity index (χ1) is 9.47. The monoisotopic (exact) mass is 282 g/mol. The van der Waals surface area contributed by atoms with E-state index in [1.54, 1.807) is 24.9 Å². The molecule has 1 unspecified atom stereocenters. The van der Waals surface area contributed by atoms with Crippen molar-refractivity contribution in [2.45, 2.75) is 19.6 Å². The molecule has 0 amide bonds. The SMILES string of the molecule is Cc1cc(CN(C)CC(O)c2c(F)cccc2F)no1. The molecular formula is C14H16F2N2O2. The van der Waals surface area contributed by atoms with Gasteiger partial charge in [-0.15, -0.1) is 0 Å². The van der Waals surface area contributed by atoms with Crippen molar-refractivity contribution >= 4 is 0 Å². The molecule has 0 fully saturated rings. The maximum absolute atomic E-state index is 13.5. The third-order valence-electron chi connectivity index (χ3n) is 2.93. The van der Waals surface area contributed by atoms with Crippen LogP contribution in [0.25, 0.3) is 0 Å². The summed E-state index contributed by atoms with van der Waals surface area (Å²) in [7, 11) is 1.73. The van der Waals surface area contributed by atoms with Gasteiger partial charge in [-0.05, 0) is 26.1 Å². The molecule has 0 bridgehead atoms. The second-order valence-electron chi connectivity index (χ2n) is 4.78. The molecule has 4 nitrogen and oxygen atoms in total. The number of nitrogens with zero attached hydrogens (tertiary/aromatic N) is 2. The molecule has 2 rings (SSSR count). The first-order valence-corrected chi connectivity index (χ1v) is 6.20. The topological polar surface area (TPSA) is 49.5 Å². The van der Waals surface area contributed by atoms with E-state index in [0.717, 1.165) is 12.1 Å². The number of likely N-dealkylation sites (N-methyl/N-ethyl adjacent to an activating group) is 1. The van der Waals surface area contributed by atoms with Crippen LogP contribution in [-0.4, -0.2) is 28.8 Å². The van der Waals surface area contributed by atoms with Gasteiger partial charge < -0.3 is 9.63 Å². The van der Waals surface area contributed by atoms with Gasteiger partial charge in [-0.25, -0.2) is 8.78 Å². The standard InChI is InChI=1S/C14H16F2N2O2/c1-9-6-10(17-20-9)7-18(2)8-13(19)14-11(15)4-3-5-12(14)16/h3-6,13,19H,7-8H2,1-2H3. The molecule has 108 valence electrons. The fourth-order valence-electron chi connectivity index (χ4n) is 2.05. The normalized spacial score (nSPS) is 12.9. The number of aliphatic hydroxyl groups excluding tert-OH is 1. The summed E-state index contributed by atoms with van der Waals surface area (Å²) in [5.41, 5.74) is 0.391. The molecule has 20 heavy (non-hydrogen) atoms. The van der Waals surface area contributed by atoms with Crippen LogP contribution in [0.15, 0.2) is 28.8 Å². The van der Waals surface area contributed by atoms with Gasteiger partial charge in [-0.1, -0.05) is 11.2 Å². The molecule has 0 aliphatic carbocycles. The maximum Gasteiger partial charge on any atom is 0.133 e. The highest BCUT2D eigenvalue weighted by molar-refractivity contribution is 5.22. The van der Waals surface area contributed by atoms with Crippen molar-refractivity contribution in [3.63, 3.8) is 0 Å². The molecule has 6 heteroatoms. The number of hydrogen-bond acceptors (Lipinski definition) is 4. The summed E-state index contributed by atoms with van der Waals surface area (Å²) in [5, 5.41) is 13.8. The number of aryl methyl sites for hydroxylation is 1. The summed E-state index contributed by atoms with van der Waals surface area (Å²) < 4.78 is 32.0. The van der Waals surface area contributed by atoms with Crippen LogP contribution in [0.3, 0.4) is 0 Å². The Bertz CT molecular complexity index is 566. The highest BCUT2D eigenvalue weighted by Crippen LogP contribution is 2.21. The Morgan fingerprint density at radius 1 is 1.35 bits per heavy atom. The average molecular weight is 282 g/mol. The molecule has 0 aliphatic heterocycles. The van der Waals surface area contributed by atoms with Crippen molar-refractivity contribution < 1.29 is 18.4 Å². The van der Waals surface area contributed by atoms with Gasteiger partial charge in [0.05, 0.1) is 17.4 Å². The molecule has 1 aromatic carbocycles. The minimum atomic E-state index is -1.24. The number of rotatable bonds is 5. The van der Waals surface area contributed by atoms with Crippen LogP contribution in [0.1, 0.15) is 23.1 Å². The van der Waals surface area contributed by atoms with E-state index in [4.69, 9.17) is 4.52 Å². The number of aromatic nitrogens is 1. The molecular weight excluding hydrogens is 266 g/mol. The number of aliphatic hydroxyl groups is 1. The second-order valence-corrected chi connectivity index (χ2v) is 4.78. The van der Waals surface area contributed by atoms with Gasteiger partial charge in [-0.3, -0.25) is 4.90 Å². The summed E-state index contributed by atoms with van der Waals surface area (Å²) in [6.45, 7) is 2.29. The highest BCUT2D eigenvalue weighted by Gasteiger charge is 2.19. The first kappa shape index (κ1) is 14.6. The lowest BCUT2D eigenvalue weighted by molar-refractivity contribution is 0.115. The third-order valence-corrected chi connectivity index (χ3v) is 2.93. The van der Waals surface area contributed by atoms with Crippen molar-refractivity contribution in [2.24, 2.45) is 0 Å². The zero-order chi connectivity index (χ0) is 14.7. The molecule has 2 aromatic rings. The zero-order valence-electron chi connectivity index (χ0n) is 11.3. The van der Waals surface area contributed by atoms with E-state index in [9.17, 15) is 13.9 Å². The predicted molar refractivity (Wildman–Crippen MR) is 68.9 cm³/mol. The van der Waals surface area contributed by atoms with Crippen molar-refractivity contribution in [1.82, 2.24) is 10.1 Å². The second kappa shape index (κ2) is 6.11. The zero-order valence-corrected chi connectivity index (χ0v) is 11.3. The van der Waals surface area contributed by atoms with Crippen molar-refractivity contribution in [1.29, 1.82) is 0 Å². The lowest BCUT2D eigenvalue weighted by Gasteiger charge is -2.20. The summed E-state index contributed by atoms with van der Waals surface area (Å²) in [6, 6.07) is 5.29. The summed E-state index contributed by atoms with van der Waals surface area (Å²) in [5.74, 6) is -0.805. The van der Waals surface area contributed by atoms with E-state index in [1.807, 2.05) is 0 Å². The molecule has 1 N–H and O–H groups in total. The van der Waals surface area contributed by atoms with Crippen molar-refractivity contribution in [3.05, 3.63) is 52.9 Å². The summed E-state index contributed by atoms with van der Waals surface area (Å²) in [4.78, 5) is 1.72. The molecule has 1 atom stereocenters. The van der Waals surface area contributed by atoms with Crippen LogP contribution in [0.2, 0.25) is 0 Å². The van der Waals surface area contributed by atoms with Gasteiger partial charge >= 0.3 is 0 Å². The first-order valence-electron chi connectivity index (χ1n) is 6.20. The fourth-order valence-corrected chi connectivity index (χ4v) is 2.05. The summed E-state index contributed by atoms with van der Waals surface area (Å²) in [6.07, 6.45) is -1.24. The van der Waals surface area contributed by atoms with E-state index in [2.05, 4.69) is 5.16 Å². The molecule has 0 aliphatic rings. The van der Waals surface area contributed by atoms with Gasteiger partial charge in [0.2, 0.25) is 0 Å². The Hall–Kier alpha value is -1.79. The fraction of sp³-hybridized carbons (Fsp3) is 0.357. The lowest BCUT2D eigenvalue weighted by Crippen LogP contribution is -2.25. The Morgan fingerprint density at radius 3 is 2.55 bits per heavy atom. The quantitative estimate of drug-likeness (QED) is 0.915. The van der Waals surface area contributed by atoms with E-state index < -0.39 is 17.7 Å². The van der Waals surface area contributed by atoms with E-state index >= 15 is 0 Å². The Morgan fingerprint density at radius 2 is 2.00 bits per heavy atom. The molecule has 0 saturated heterocycles.